The lowest BCUT2D eigenvalue weighted by Crippen LogP contribution is -2.49. The van der Waals surface area contributed by atoms with Gasteiger partial charge in [-0.1, -0.05) is 0 Å². The number of nitro groups is 1. The lowest BCUT2D eigenvalue weighted by Gasteiger charge is -2.36. The molecular weight excluding hydrogens is 306 g/mol. The van der Waals surface area contributed by atoms with Crippen molar-refractivity contribution in [1.29, 1.82) is 0 Å². The summed E-state index contributed by atoms with van der Waals surface area (Å²) in [7, 11) is -0.785. The molecule has 3 rings (SSSR count). The molecule has 1 saturated heterocycles. The third kappa shape index (κ3) is 2.76. The molecule has 3 atom stereocenters. The fraction of sp³-hybridized carbons (Fsp3) is 0.500. The normalized spacial score (nSPS) is 26.4. The van der Waals surface area contributed by atoms with E-state index in [1.807, 2.05) is 6.92 Å². The average molecular weight is 323 g/mol. The van der Waals surface area contributed by atoms with E-state index in [1.54, 1.807) is 6.07 Å². The van der Waals surface area contributed by atoms with Crippen LogP contribution in [0.2, 0.25) is 0 Å². The van der Waals surface area contributed by atoms with Gasteiger partial charge in [0.25, 0.3) is 5.69 Å². The van der Waals surface area contributed by atoms with Crippen molar-refractivity contribution in [2.24, 2.45) is 0 Å². The molecule has 0 aliphatic carbocycles. The highest BCUT2D eigenvalue weighted by atomic mass is 32.2. The monoisotopic (exact) mass is 323 g/mol. The zero-order valence-electron chi connectivity index (χ0n) is 12.4. The number of benzene rings is 1. The third-order valence-electron chi connectivity index (χ3n) is 4.21. The molecule has 22 heavy (non-hydrogen) atoms. The van der Waals surface area contributed by atoms with Crippen LogP contribution in [0.1, 0.15) is 19.7 Å². The second-order valence-electron chi connectivity index (χ2n) is 5.52. The minimum atomic E-state index is -0.785. The van der Waals surface area contributed by atoms with Crippen LogP contribution in [0.15, 0.2) is 22.6 Å². The van der Waals surface area contributed by atoms with E-state index < -0.39 is 15.7 Å². The molecule has 0 N–H and O–H groups in total. The molecule has 0 bridgehead atoms. The van der Waals surface area contributed by atoms with Gasteiger partial charge in [0.05, 0.1) is 11.5 Å². The molecule has 0 amide bonds. The first-order chi connectivity index (χ1) is 10.5. The quantitative estimate of drug-likeness (QED) is 0.634. The molecule has 1 aliphatic rings. The van der Waals surface area contributed by atoms with Crippen molar-refractivity contribution in [1.82, 2.24) is 9.88 Å². The average Bonchev–Trinajstić information content (AvgIpc) is 2.89. The Labute approximate surface area is 129 Å². The topological polar surface area (TPSA) is 89.5 Å². The standard InChI is InChI=1S/C14H17N3O4S/c1-9-10(2)22(20)6-5-16(9)8-14-15-12-7-11(17(18)19)3-4-13(12)21-14/h3-4,7,9-10H,5-6,8H2,1-2H3. The van der Waals surface area contributed by atoms with Crippen molar-refractivity contribution in [2.75, 3.05) is 12.3 Å². The van der Waals surface area contributed by atoms with Crippen molar-refractivity contribution in [3.05, 3.63) is 34.2 Å². The number of hydrogen-bond acceptors (Lipinski definition) is 6. The maximum Gasteiger partial charge on any atom is 0.271 e. The fourth-order valence-electron chi connectivity index (χ4n) is 2.65. The molecule has 1 aromatic carbocycles. The number of aromatic nitrogens is 1. The van der Waals surface area contributed by atoms with Gasteiger partial charge >= 0.3 is 0 Å². The van der Waals surface area contributed by atoms with E-state index in [-0.39, 0.29) is 17.0 Å². The van der Waals surface area contributed by atoms with Gasteiger partial charge in [-0.3, -0.25) is 19.2 Å². The summed E-state index contributed by atoms with van der Waals surface area (Å²) in [5.74, 6) is 1.18. The minimum absolute atomic E-state index is 0.00251. The Hall–Kier alpha value is -1.80. The summed E-state index contributed by atoms with van der Waals surface area (Å²) in [5, 5.41) is 10.9. The second kappa shape index (κ2) is 5.77. The van der Waals surface area contributed by atoms with Gasteiger partial charge in [0.2, 0.25) is 5.89 Å². The Morgan fingerprint density at radius 1 is 1.50 bits per heavy atom. The van der Waals surface area contributed by atoms with E-state index in [0.717, 1.165) is 6.54 Å². The van der Waals surface area contributed by atoms with Gasteiger partial charge in [-0.15, -0.1) is 0 Å². The summed E-state index contributed by atoms with van der Waals surface area (Å²) in [5.41, 5.74) is 1.04. The number of nitrogens with zero attached hydrogens (tertiary/aromatic N) is 3. The van der Waals surface area contributed by atoms with Gasteiger partial charge in [-0.2, -0.15) is 0 Å². The van der Waals surface area contributed by atoms with Crippen LogP contribution in [0, 0.1) is 10.1 Å². The summed E-state index contributed by atoms with van der Waals surface area (Å²) in [4.78, 5) is 16.9. The van der Waals surface area contributed by atoms with E-state index in [2.05, 4.69) is 16.8 Å². The second-order valence-corrected chi connectivity index (χ2v) is 7.43. The Morgan fingerprint density at radius 2 is 2.27 bits per heavy atom. The highest BCUT2D eigenvalue weighted by Crippen LogP contribution is 2.24. The maximum atomic E-state index is 11.8. The van der Waals surface area contributed by atoms with Gasteiger partial charge in [0.15, 0.2) is 5.58 Å². The highest BCUT2D eigenvalue weighted by Gasteiger charge is 2.30. The number of fused-ring (bicyclic) bond motifs is 1. The molecule has 1 fully saturated rings. The van der Waals surface area contributed by atoms with Crippen LogP contribution < -0.4 is 0 Å². The molecular formula is C14H17N3O4S. The Bertz CT molecular complexity index is 745. The predicted octanol–water partition coefficient (Wildman–Crippen LogP) is 2.08. The molecule has 2 heterocycles. The largest absolute Gasteiger partial charge is 0.439 e. The Balaban J connectivity index is 1.82. The van der Waals surface area contributed by atoms with Gasteiger partial charge in [0, 0.05) is 46.5 Å². The summed E-state index contributed by atoms with van der Waals surface area (Å²) >= 11 is 0. The maximum absolute atomic E-state index is 11.8. The molecule has 2 aromatic rings. The van der Waals surface area contributed by atoms with Gasteiger partial charge < -0.3 is 4.42 Å². The molecule has 3 unspecified atom stereocenters. The number of hydrogen-bond donors (Lipinski definition) is 0. The fourth-order valence-corrected chi connectivity index (χ4v) is 4.05. The highest BCUT2D eigenvalue weighted by molar-refractivity contribution is 7.85. The molecule has 0 spiro atoms. The van der Waals surface area contributed by atoms with Crippen molar-refractivity contribution < 1.29 is 13.5 Å². The van der Waals surface area contributed by atoms with Crippen molar-refractivity contribution in [3.8, 4) is 0 Å². The smallest absolute Gasteiger partial charge is 0.271 e. The van der Waals surface area contributed by atoms with Crippen molar-refractivity contribution in [3.63, 3.8) is 0 Å². The molecule has 118 valence electrons. The van der Waals surface area contributed by atoms with Crippen LogP contribution in [-0.4, -0.2) is 42.6 Å². The molecule has 0 radical (unpaired) electrons. The summed E-state index contributed by atoms with van der Waals surface area (Å²) in [6, 6.07) is 4.58. The zero-order valence-corrected chi connectivity index (χ0v) is 13.2. The van der Waals surface area contributed by atoms with Crippen LogP contribution in [-0.2, 0) is 17.3 Å². The molecule has 1 aromatic heterocycles. The summed E-state index contributed by atoms with van der Waals surface area (Å²) in [6.45, 7) is 5.29. The lowest BCUT2D eigenvalue weighted by molar-refractivity contribution is -0.384. The van der Waals surface area contributed by atoms with Crippen molar-refractivity contribution in [2.45, 2.75) is 31.7 Å². The summed E-state index contributed by atoms with van der Waals surface area (Å²) < 4.78 is 17.5. The lowest BCUT2D eigenvalue weighted by atomic mass is 10.2. The van der Waals surface area contributed by atoms with Gasteiger partial charge in [-0.05, 0) is 19.9 Å². The van der Waals surface area contributed by atoms with Crippen LogP contribution >= 0.6 is 0 Å². The van der Waals surface area contributed by atoms with Gasteiger partial charge in [-0.25, -0.2) is 4.98 Å². The predicted molar refractivity (Wildman–Crippen MR) is 83.0 cm³/mol. The van der Waals surface area contributed by atoms with E-state index in [1.165, 1.54) is 12.1 Å². The Morgan fingerprint density at radius 3 is 3.00 bits per heavy atom. The van der Waals surface area contributed by atoms with E-state index >= 15 is 0 Å². The van der Waals surface area contributed by atoms with Crippen molar-refractivity contribution >= 4 is 27.6 Å². The van der Waals surface area contributed by atoms with E-state index in [0.29, 0.717) is 29.3 Å². The first kappa shape index (κ1) is 15.1. The Kier molecular flexibility index (Phi) is 3.96. The van der Waals surface area contributed by atoms with Crippen LogP contribution in [0.4, 0.5) is 5.69 Å². The van der Waals surface area contributed by atoms with Crippen LogP contribution in [0.3, 0.4) is 0 Å². The first-order valence-electron chi connectivity index (χ1n) is 7.11. The summed E-state index contributed by atoms with van der Waals surface area (Å²) in [6.07, 6.45) is 0. The number of rotatable bonds is 3. The molecule has 0 saturated carbocycles. The molecule has 8 heteroatoms. The first-order valence-corrected chi connectivity index (χ1v) is 8.49. The van der Waals surface area contributed by atoms with Crippen LogP contribution in [0.5, 0.6) is 0 Å². The third-order valence-corrected chi connectivity index (χ3v) is 6.02. The van der Waals surface area contributed by atoms with Gasteiger partial charge in [0.1, 0.15) is 5.52 Å². The molecule has 1 aliphatic heterocycles. The minimum Gasteiger partial charge on any atom is -0.439 e. The SMILES string of the molecule is CC1C(C)S(=O)CCN1Cc1nc2cc([N+](=O)[O-])ccc2o1. The van der Waals surface area contributed by atoms with Crippen LogP contribution in [0.25, 0.3) is 11.1 Å². The number of oxazole rings is 1. The zero-order chi connectivity index (χ0) is 15.9. The van der Waals surface area contributed by atoms with E-state index in [9.17, 15) is 14.3 Å². The molecule has 7 nitrogen and oxygen atoms in total. The number of non-ortho nitro benzene ring substituents is 1. The number of nitro benzene ring substituents is 1. The van der Waals surface area contributed by atoms with E-state index in [4.69, 9.17) is 4.42 Å².